The van der Waals surface area contributed by atoms with Crippen LogP contribution in [0.2, 0.25) is 10.0 Å². The summed E-state index contributed by atoms with van der Waals surface area (Å²) in [6.07, 6.45) is 3.58. The predicted molar refractivity (Wildman–Crippen MR) is 99.0 cm³/mol. The molecule has 0 aliphatic heterocycles. The second kappa shape index (κ2) is 5.65. The van der Waals surface area contributed by atoms with E-state index in [-0.39, 0.29) is 5.56 Å². The standard InChI is InChI=1S/C18H13Cl2N3O/c1-2-23-16-10(9-22-17-11(16)6-7-21-17)8-12(18(23)24)15-13(19)4-3-5-14(15)20/h3-9H,2H2,1H3,(H,21,22). The average molecular weight is 358 g/mol. The lowest BCUT2D eigenvalue weighted by Crippen LogP contribution is -2.21. The first-order valence-electron chi connectivity index (χ1n) is 7.56. The minimum atomic E-state index is -0.117. The molecule has 4 rings (SSSR count). The summed E-state index contributed by atoms with van der Waals surface area (Å²) < 4.78 is 1.74. The van der Waals surface area contributed by atoms with E-state index in [1.807, 2.05) is 25.3 Å². The van der Waals surface area contributed by atoms with Crippen molar-refractivity contribution in [3.05, 3.63) is 63.1 Å². The van der Waals surface area contributed by atoms with Crippen molar-refractivity contribution in [1.82, 2.24) is 14.5 Å². The lowest BCUT2D eigenvalue weighted by Gasteiger charge is -2.13. The highest BCUT2D eigenvalue weighted by Crippen LogP contribution is 2.34. The minimum Gasteiger partial charge on any atom is -0.346 e. The third-order valence-electron chi connectivity index (χ3n) is 4.18. The minimum absolute atomic E-state index is 0.117. The van der Waals surface area contributed by atoms with Crippen LogP contribution in [-0.4, -0.2) is 14.5 Å². The number of nitrogens with one attached hydrogen (secondary N) is 1. The van der Waals surface area contributed by atoms with Gasteiger partial charge in [-0.2, -0.15) is 0 Å². The van der Waals surface area contributed by atoms with Crippen LogP contribution in [0.1, 0.15) is 6.92 Å². The topological polar surface area (TPSA) is 50.7 Å². The van der Waals surface area contributed by atoms with Crippen molar-refractivity contribution in [1.29, 1.82) is 0 Å². The fourth-order valence-corrected chi connectivity index (χ4v) is 3.72. The number of fused-ring (bicyclic) bond motifs is 3. The molecule has 0 amide bonds. The molecular formula is C18H13Cl2N3O. The molecule has 6 heteroatoms. The molecule has 0 atom stereocenters. The molecule has 0 saturated heterocycles. The van der Waals surface area contributed by atoms with Gasteiger partial charge in [0.1, 0.15) is 5.65 Å². The number of aryl methyl sites for hydroxylation is 1. The van der Waals surface area contributed by atoms with Gasteiger partial charge < -0.3 is 9.55 Å². The Morgan fingerprint density at radius 1 is 1.21 bits per heavy atom. The van der Waals surface area contributed by atoms with Gasteiger partial charge >= 0.3 is 0 Å². The fourth-order valence-electron chi connectivity index (χ4n) is 3.12. The quantitative estimate of drug-likeness (QED) is 0.556. The first-order valence-corrected chi connectivity index (χ1v) is 8.31. The third-order valence-corrected chi connectivity index (χ3v) is 4.81. The number of halogens is 2. The van der Waals surface area contributed by atoms with Crippen LogP contribution >= 0.6 is 23.2 Å². The number of rotatable bonds is 2. The maximum atomic E-state index is 13.1. The Morgan fingerprint density at radius 3 is 2.67 bits per heavy atom. The number of hydrogen-bond donors (Lipinski definition) is 1. The van der Waals surface area contributed by atoms with Gasteiger partial charge in [-0.25, -0.2) is 4.98 Å². The molecule has 0 spiro atoms. The summed E-state index contributed by atoms with van der Waals surface area (Å²) in [7, 11) is 0. The number of hydrogen-bond acceptors (Lipinski definition) is 2. The molecule has 4 nitrogen and oxygen atoms in total. The molecule has 0 radical (unpaired) electrons. The predicted octanol–water partition coefficient (Wildman–Crippen LogP) is 4.87. The van der Waals surface area contributed by atoms with E-state index in [1.54, 1.807) is 29.0 Å². The second-order valence-corrected chi connectivity index (χ2v) is 6.32. The molecule has 24 heavy (non-hydrogen) atoms. The zero-order valence-corrected chi connectivity index (χ0v) is 14.3. The molecule has 0 aliphatic rings. The Balaban J connectivity index is 2.18. The highest BCUT2D eigenvalue weighted by molar-refractivity contribution is 6.39. The second-order valence-electron chi connectivity index (χ2n) is 5.51. The SMILES string of the molecule is CCn1c(=O)c(-c2c(Cl)cccc2Cl)cc2cnc3[nH]ccc3c21. The summed E-state index contributed by atoms with van der Waals surface area (Å²) in [5, 5.41) is 2.70. The van der Waals surface area contributed by atoms with Crippen LogP contribution in [0.25, 0.3) is 33.1 Å². The van der Waals surface area contributed by atoms with Crippen molar-refractivity contribution in [3.8, 4) is 11.1 Å². The van der Waals surface area contributed by atoms with Crippen LogP contribution in [-0.2, 0) is 6.54 Å². The summed E-state index contributed by atoms with van der Waals surface area (Å²) in [4.78, 5) is 20.6. The molecule has 3 heterocycles. The number of aromatic nitrogens is 3. The van der Waals surface area contributed by atoms with E-state index in [2.05, 4.69) is 9.97 Å². The lowest BCUT2D eigenvalue weighted by atomic mass is 10.0. The van der Waals surface area contributed by atoms with Gasteiger partial charge in [0.15, 0.2) is 0 Å². The summed E-state index contributed by atoms with van der Waals surface area (Å²) in [5.41, 5.74) is 2.54. The molecule has 120 valence electrons. The normalized spacial score (nSPS) is 11.5. The molecule has 1 N–H and O–H groups in total. The third kappa shape index (κ3) is 2.14. The van der Waals surface area contributed by atoms with Crippen LogP contribution in [0.3, 0.4) is 0 Å². The maximum Gasteiger partial charge on any atom is 0.259 e. The van der Waals surface area contributed by atoms with Gasteiger partial charge in [-0.15, -0.1) is 0 Å². The van der Waals surface area contributed by atoms with E-state index in [0.717, 1.165) is 21.9 Å². The van der Waals surface area contributed by atoms with Gasteiger partial charge in [0, 0.05) is 35.3 Å². The molecule has 1 aromatic carbocycles. The van der Waals surface area contributed by atoms with Crippen molar-refractivity contribution in [2.45, 2.75) is 13.5 Å². The Kier molecular flexibility index (Phi) is 3.59. The highest BCUT2D eigenvalue weighted by Gasteiger charge is 2.17. The maximum absolute atomic E-state index is 13.1. The molecule has 0 bridgehead atoms. The van der Waals surface area contributed by atoms with Crippen LogP contribution in [0, 0.1) is 0 Å². The van der Waals surface area contributed by atoms with E-state index < -0.39 is 0 Å². The zero-order valence-electron chi connectivity index (χ0n) is 12.8. The average Bonchev–Trinajstić information content (AvgIpc) is 3.04. The number of H-pyrrole nitrogens is 1. The molecular weight excluding hydrogens is 345 g/mol. The Hall–Kier alpha value is -2.30. The number of pyridine rings is 2. The summed E-state index contributed by atoms with van der Waals surface area (Å²) in [6.45, 7) is 2.48. The molecule has 0 saturated carbocycles. The van der Waals surface area contributed by atoms with Gasteiger partial charge in [-0.1, -0.05) is 29.3 Å². The molecule has 0 unspecified atom stereocenters. The Morgan fingerprint density at radius 2 is 1.96 bits per heavy atom. The van der Waals surface area contributed by atoms with Crippen LogP contribution in [0.15, 0.2) is 47.5 Å². The van der Waals surface area contributed by atoms with Gasteiger partial charge in [0.05, 0.1) is 21.1 Å². The fraction of sp³-hybridized carbons (Fsp3) is 0.111. The summed E-state index contributed by atoms with van der Waals surface area (Å²) in [5.74, 6) is 0. The first kappa shape index (κ1) is 15.2. The molecule has 0 aliphatic carbocycles. The van der Waals surface area contributed by atoms with Crippen molar-refractivity contribution in [3.63, 3.8) is 0 Å². The van der Waals surface area contributed by atoms with Crippen molar-refractivity contribution >= 4 is 45.1 Å². The molecule has 3 aromatic heterocycles. The van der Waals surface area contributed by atoms with Crippen LogP contribution in [0.4, 0.5) is 0 Å². The van der Waals surface area contributed by atoms with Gasteiger partial charge in [-0.3, -0.25) is 4.79 Å². The van der Waals surface area contributed by atoms with E-state index in [4.69, 9.17) is 23.2 Å². The van der Waals surface area contributed by atoms with Crippen molar-refractivity contribution in [2.24, 2.45) is 0 Å². The smallest absolute Gasteiger partial charge is 0.259 e. The Labute approximate surface area is 147 Å². The van der Waals surface area contributed by atoms with Gasteiger partial charge in [-0.05, 0) is 31.2 Å². The van der Waals surface area contributed by atoms with Crippen molar-refractivity contribution < 1.29 is 0 Å². The van der Waals surface area contributed by atoms with Gasteiger partial charge in [0.25, 0.3) is 5.56 Å². The first-order chi connectivity index (χ1) is 11.6. The number of aromatic amines is 1. The van der Waals surface area contributed by atoms with E-state index in [0.29, 0.717) is 27.7 Å². The van der Waals surface area contributed by atoms with Gasteiger partial charge in [0.2, 0.25) is 0 Å². The summed E-state index contributed by atoms with van der Waals surface area (Å²) >= 11 is 12.6. The van der Waals surface area contributed by atoms with Crippen molar-refractivity contribution in [2.75, 3.05) is 0 Å². The lowest BCUT2D eigenvalue weighted by molar-refractivity contribution is 0.763. The van der Waals surface area contributed by atoms with E-state index in [9.17, 15) is 4.79 Å². The molecule has 4 aromatic rings. The van der Waals surface area contributed by atoms with Crippen LogP contribution < -0.4 is 5.56 Å². The summed E-state index contributed by atoms with van der Waals surface area (Å²) in [6, 6.07) is 8.97. The monoisotopic (exact) mass is 357 g/mol. The van der Waals surface area contributed by atoms with E-state index >= 15 is 0 Å². The molecule has 0 fully saturated rings. The largest absolute Gasteiger partial charge is 0.346 e. The zero-order chi connectivity index (χ0) is 16.8. The highest BCUT2D eigenvalue weighted by atomic mass is 35.5. The number of nitrogens with zero attached hydrogens (tertiary/aromatic N) is 2. The Bertz CT molecular complexity index is 1120. The van der Waals surface area contributed by atoms with E-state index in [1.165, 1.54) is 0 Å². The van der Waals surface area contributed by atoms with Crippen LogP contribution in [0.5, 0.6) is 0 Å². The number of benzene rings is 1.